The summed E-state index contributed by atoms with van der Waals surface area (Å²) in [6.07, 6.45) is 29.5. The van der Waals surface area contributed by atoms with E-state index in [1.807, 2.05) is 0 Å². The van der Waals surface area contributed by atoms with Crippen molar-refractivity contribution in [1.82, 2.24) is 0 Å². The lowest BCUT2D eigenvalue weighted by Gasteiger charge is -2.39. The van der Waals surface area contributed by atoms with Crippen LogP contribution in [-0.4, -0.2) is 48.8 Å². The van der Waals surface area contributed by atoms with Gasteiger partial charge in [0.25, 0.3) is 0 Å². The summed E-state index contributed by atoms with van der Waals surface area (Å²) in [5.74, 6) is 0. The van der Waals surface area contributed by atoms with Gasteiger partial charge >= 0.3 is 7.82 Å². The van der Waals surface area contributed by atoms with Crippen molar-refractivity contribution in [1.29, 1.82) is 0 Å². The fourth-order valence-electron chi connectivity index (χ4n) is 5.04. The minimum atomic E-state index is -3.92. The second-order valence-corrected chi connectivity index (χ2v) is 12.7. The number of hydrogen-bond donors (Lipinski definition) is 1. The molecule has 1 rings (SSSR count). The number of phosphoric ester groups is 1. The fraction of sp³-hybridized carbons (Fsp3) is 0.933. The monoisotopic (exact) mass is 530 g/mol. The summed E-state index contributed by atoms with van der Waals surface area (Å²) >= 11 is 0. The molecule has 0 aliphatic carbocycles. The van der Waals surface area contributed by atoms with Gasteiger partial charge in [-0.25, -0.2) is 4.57 Å². The SMILES string of the molecule is CCCCCCCC/C=C\CCCCCCCCCCCCOP(=O)(O)OC1CC[N+](C)(CC)CC1. The van der Waals surface area contributed by atoms with Crippen molar-refractivity contribution in [3.8, 4) is 0 Å². The van der Waals surface area contributed by atoms with Crippen LogP contribution in [0.1, 0.15) is 142 Å². The molecule has 0 aromatic heterocycles. The van der Waals surface area contributed by atoms with E-state index in [1.165, 1.54) is 103 Å². The summed E-state index contributed by atoms with van der Waals surface area (Å²) in [5, 5.41) is 0. The van der Waals surface area contributed by atoms with Crippen LogP contribution in [0.2, 0.25) is 0 Å². The molecular formula is C30H61NO4P+. The van der Waals surface area contributed by atoms with Crippen LogP contribution >= 0.6 is 7.82 Å². The van der Waals surface area contributed by atoms with Crippen LogP contribution in [0.3, 0.4) is 0 Å². The van der Waals surface area contributed by atoms with E-state index >= 15 is 0 Å². The third-order valence-electron chi connectivity index (χ3n) is 7.94. The number of phosphoric acid groups is 1. The Bertz CT molecular complexity index is 575. The standard InChI is InChI=1S/C30H60NO4P/c1-4-6-7-8-9-10-11-12-13-14-15-16-17-18-19-20-21-22-23-24-29-34-36(32,33)35-30-25-27-31(3,5-2)28-26-30/h12-13,30H,4-11,14-29H2,1-3H3/p+1/b13-12-. The van der Waals surface area contributed by atoms with E-state index in [1.54, 1.807) is 0 Å². The Labute approximate surface area is 224 Å². The van der Waals surface area contributed by atoms with Gasteiger partial charge in [0.1, 0.15) is 0 Å². The Morgan fingerprint density at radius 2 is 1.19 bits per heavy atom. The first-order chi connectivity index (χ1) is 17.4. The molecule has 1 unspecified atom stereocenters. The van der Waals surface area contributed by atoms with Gasteiger partial charge in [-0.05, 0) is 39.0 Å². The zero-order valence-corrected chi connectivity index (χ0v) is 25.2. The van der Waals surface area contributed by atoms with E-state index in [-0.39, 0.29) is 6.10 Å². The smallest absolute Gasteiger partial charge is 0.326 e. The van der Waals surface area contributed by atoms with Crippen LogP contribution in [0.25, 0.3) is 0 Å². The number of piperidine rings is 1. The first-order valence-corrected chi connectivity index (χ1v) is 17.0. The molecule has 5 nitrogen and oxygen atoms in total. The Kier molecular flexibility index (Phi) is 20.4. The Hall–Kier alpha value is -0.190. The van der Waals surface area contributed by atoms with Gasteiger partial charge in [0.05, 0.1) is 39.4 Å². The molecule has 1 saturated heterocycles. The van der Waals surface area contributed by atoms with Gasteiger partial charge in [-0.15, -0.1) is 0 Å². The van der Waals surface area contributed by atoms with Gasteiger partial charge < -0.3 is 9.38 Å². The summed E-state index contributed by atoms with van der Waals surface area (Å²) < 4.78 is 23.9. The van der Waals surface area contributed by atoms with E-state index in [9.17, 15) is 9.46 Å². The third-order valence-corrected chi connectivity index (χ3v) is 9.01. The average molecular weight is 531 g/mol. The molecule has 0 bridgehead atoms. The van der Waals surface area contributed by atoms with Crippen molar-refractivity contribution in [2.75, 3.05) is 33.3 Å². The largest absolute Gasteiger partial charge is 0.472 e. The fourth-order valence-corrected chi connectivity index (χ4v) is 6.05. The van der Waals surface area contributed by atoms with Crippen LogP contribution in [0.4, 0.5) is 0 Å². The number of rotatable bonds is 24. The summed E-state index contributed by atoms with van der Waals surface area (Å²) in [6.45, 7) is 7.88. The van der Waals surface area contributed by atoms with Crippen LogP contribution in [0.15, 0.2) is 12.2 Å². The zero-order valence-electron chi connectivity index (χ0n) is 24.3. The van der Waals surface area contributed by atoms with Crippen LogP contribution < -0.4 is 0 Å². The van der Waals surface area contributed by atoms with E-state index in [4.69, 9.17) is 9.05 Å². The minimum Gasteiger partial charge on any atom is -0.326 e. The molecule has 1 atom stereocenters. The molecule has 36 heavy (non-hydrogen) atoms. The highest BCUT2D eigenvalue weighted by molar-refractivity contribution is 7.47. The highest BCUT2D eigenvalue weighted by Crippen LogP contribution is 2.46. The van der Waals surface area contributed by atoms with Crippen molar-refractivity contribution in [3.05, 3.63) is 12.2 Å². The average Bonchev–Trinajstić information content (AvgIpc) is 2.86. The van der Waals surface area contributed by atoms with E-state index in [2.05, 4.69) is 33.0 Å². The molecule has 1 N–H and O–H groups in total. The summed E-state index contributed by atoms with van der Waals surface area (Å²) in [6, 6.07) is 0. The van der Waals surface area contributed by atoms with E-state index in [0.29, 0.717) is 6.61 Å². The lowest BCUT2D eigenvalue weighted by molar-refractivity contribution is -0.913. The molecule has 1 heterocycles. The van der Waals surface area contributed by atoms with E-state index in [0.717, 1.165) is 49.8 Å². The maximum absolute atomic E-state index is 12.2. The maximum Gasteiger partial charge on any atom is 0.472 e. The van der Waals surface area contributed by atoms with Crippen molar-refractivity contribution < 1.29 is 23.0 Å². The number of likely N-dealkylation sites (tertiary alicyclic amines) is 1. The quantitative estimate of drug-likeness (QED) is 0.0584. The van der Waals surface area contributed by atoms with E-state index < -0.39 is 7.82 Å². The van der Waals surface area contributed by atoms with Gasteiger partial charge in [0.15, 0.2) is 0 Å². The van der Waals surface area contributed by atoms with Gasteiger partial charge in [0, 0.05) is 12.8 Å². The molecule has 214 valence electrons. The predicted molar refractivity (Wildman–Crippen MR) is 154 cm³/mol. The molecule has 6 heteroatoms. The maximum atomic E-state index is 12.2. The lowest BCUT2D eigenvalue weighted by atomic mass is 10.1. The second kappa shape index (κ2) is 21.7. The number of quaternary nitrogens is 1. The van der Waals surface area contributed by atoms with Crippen molar-refractivity contribution in [2.24, 2.45) is 0 Å². The zero-order chi connectivity index (χ0) is 26.4. The molecule has 0 saturated carbocycles. The molecular weight excluding hydrogens is 469 g/mol. The Morgan fingerprint density at radius 3 is 1.67 bits per heavy atom. The highest BCUT2D eigenvalue weighted by Gasteiger charge is 2.34. The summed E-state index contributed by atoms with van der Waals surface area (Å²) in [7, 11) is -1.68. The molecule has 1 fully saturated rings. The van der Waals surface area contributed by atoms with Crippen molar-refractivity contribution in [3.63, 3.8) is 0 Å². The van der Waals surface area contributed by atoms with Crippen molar-refractivity contribution >= 4 is 7.82 Å². The summed E-state index contributed by atoms with van der Waals surface area (Å²) in [5.41, 5.74) is 0. The lowest BCUT2D eigenvalue weighted by Crippen LogP contribution is -2.50. The molecule has 0 amide bonds. The molecule has 0 aromatic rings. The van der Waals surface area contributed by atoms with Gasteiger partial charge in [-0.1, -0.05) is 103 Å². The topological polar surface area (TPSA) is 55.8 Å². The summed E-state index contributed by atoms with van der Waals surface area (Å²) in [4.78, 5) is 10.0. The normalized spacial score (nSPS) is 22.3. The Morgan fingerprint density at radius 1 is 0.750 bits per heavy atom. The Balaban J connectivity index is 1.83. The predicted octanol–water partition coefficient (Wildman–Crippen LogP) is 9.35. The first kappa shape index (κ1) is 33.8. The molecule has 0 radical (unpaired) electrons. The number of nitrogens with zero attached hydrogens (tertiary/aromatic N) is 1. The first-order valence-electron chi connectivity index (χ1n) is 15.5. The van der Waals surface area contributed by atoms with Gasteiger partial charge in [-0.3, -0.25) is 9.05 Å². The van der Waals surface area contributed by atoms with Gasteiger partial charge in [0.2, 0.25) is 0 Å². The molecule has 0 aromatic carbocycles. The van der Waals surface area contributed by atoms with Gasteiger partial charge in [-0.2, -0.15) is 0 Å². The number of hydrogen-bond acceptors (Lipinski definition) is 3. The minimum absolute atomic E-state index is 0.148. The van der Waals surface area contributed by atoms with Crippen LogP contribution in [-0.2, 0) is 13.6 Å². The second-order valence-electron chi connectivity index (χ2n) is 11.3. The highest BCUT2D eigenvalue weighted by atomic mass is 31.2. The number of allylic oxidation sites excluding steroid dienone is 2. The van der Waals surface area contributed by atoms with Crippen LogP contribution in [0.5, 0.6) is 0 Å². The number of unbranched alkanes of at least 4 members (excludes halogenated alkanes) is 16. The molecule has 1 aliphatic heterocycles. The third kappa shape index (κ3) is 19.0. The molecule has 0 spiro atoms. The van der Waals surface area contributed by atoms with Crippen LogP contribution in [0, 0.1) is 0 Å². The van der Waals surface area contributed by atoms with Crippen molar-refractivity contribution in [2.45, 2.75) is 148 Å². The molecule has 1 aliphatic rings.